The van der Waals surface area contributed by atoms with E-state index in [4.69, 9.17) is 10.5 Å². The van der Waals surface area contributed by atoms with Crippen molar-refractivity contribution in [1.29, 1.82) is 0 Å². The van der Waals surface area contributed by atoms with Gasteiger partial charge in [-0.25, -0.2) is 9.59 Å². The second-order valence-electron chi connectivity index (χ2n) is 6.88. The molecule has 1 aliphatic heterocycles. The van der Waals surface area contributed by atoms with E-state index in [2.05, 4.69) is 10.3 Å². The van der Waals surface area contributed by atoms with Crippen LogP contribution in [0.5, 0.6) is 0 Å². The van der Waals surface area contributed by atoms with Crippen molar-refractivity contribution in [3.8, 4) is 0 Å². The van der Waals surface area contributed by atoms with Gasteiger partial charge >= 0.3 is 18.2 Å². The molecule has 0 aromatic carbocycles. The molecule has 11 heteroatoms. The summed E-state index contributed by atoms with van der Waals surface area (Å²) in [5, 5.41) is 2.60. The van der Waals surface area contributed by atoms with Gasteiger partial charge in [-0.15, -0.1) is 0 Å². The lowest BCUT2D eigenvalue weighted by Gasteiger charge is -2.36. The minimum absolute atomic E-state index is 0.00925. The van der Waals surface area contributed by atoms with Gasteiger partial charge in [0.2, 0.25) is 0 Å². The van der Waals surface area contributed by atoms with Crippen LogP contribution in [0.4, 0.5) is 18.0 Å². The van der Waals surface area contributed by atoms with Gasteiger partial charge in [0, 0.05) is 23.2 Å². The minimum atomic E-state index is -4.52. The molecule has 0 bridgehead atoms. The zero-order chi connectivity index (χ0) is 22.9. The molecule has 8 nitrogen and oxygen atoms in total. The Labute approximate surface area is 175 Å². The maximum Gasteiger partial charge on any atom is 0.412 e. The van der Waals surface area contributed by atoms with Gasteiger partial charge in [0.05, 0.1) is 18.7 Å². The highest BCUT2D eigenvalue weighted by atomic mass is 19.4. The smallest absolute Gasteiger partial charge is 0.412 e. The number of aromatic nitrogens is 1. The average Bonchev–Trinajstić information content (AvgIpc) is 2.72. The fourth-order valence-electron chi connectivity index (χ4n) is 3.46. The number of urea groups is 1. The third-order valence-corrected chi connectivity index (χ3v) is 4.97. The lowest BCUT2D eigenvalue weighted by Crippen LogP contribution is -2.47. The highest BCUT2D eigenvalue weighted by molar-refractivity contribution is 5.96. The molecule has 0 saturated heterocycles. The third-order valence-electron chi connectivity index (χ3n) is 4.97. The maximum absolute atomic E-state index is 13.2. The number of hydrogen-bond acceptors (Lipinski definition) is 5. The van der Waals surface area contributed by atoms with Crippen molar-refractivity contribution in [2.75, 3.05) is 7.11 Å². The van der Waals surface area contributed by atoms with Crippen LogP contribution in [-0.4, -0.2) is 41.1 Å². The van der Waals surface area contributed by atoms with E-state index in [1.165, 1.54) is 31.3 Å². The van der Waals surface area contributed by atoms with Gasteiger partial charge < -0.3 is 15.8 Å². The molecule has 2 heterocycles. The van der Waals surface area contributed by atoms with E-state index in [1.54, 1.807) is 0 Å². The summed E-state index contributed by atoms with van der Waals surface area (Å²) in [6.45, 7) is 1.44. The number of allylic oxidation sites excluding steroid dienone is 4. The molecule has 1 aliphatic carbocycles. The Balaban J connectivity index is 2.07. The molecule has 0 saturated carbocycles. The first kappa shape index (κ1) is 22.1. The first-order valence-corrected chi connectivity index (χ1v) is 9.18. The van der Waals surface area contributed by atoms with Gasteiger partial charge in [0.15, 0.2) is 0 Å². The molecule has 0 fully saturated rings. The van der Waals surface area contributed by atoms with Crippen molar-refractivity contribution < 1.29 is 32.3 Å². The Morgan fingerprint density at radius 3 is 2.58 bits per heavy atom. The number of nitrogens with zero attached hydrogens (tertiary/aromatic N) is 2. The monoisotopic (exact) mass is 436 g/mol. The molecule has 2 aliphatic rings. The van der Waals surface area contributed by atoms with Crippen LogP contribution in [0.2, 0.25) is 0 Å². The fraction of sp³-hybridized carbons (Fsp3) is 0.300. The number of carbonyl (C=O) groups is 3. The summed E-state index contributed by atoms with van der Waals surface area (Å²) in [7, 11) is 1.15. The number of primary amides is 1. The van der Waals surface area contributed by atoms with Crippen LogP contribution in [0.15, 0.2) is 53.0 Å². The van der Waals surface area contributed by atoms with E-state index in [1.807, 2.05) is 0 Å². The molecule has 1 aromatic heterocycles. The van der Waals surface area contributed by atoms with Gasteiger partial charge in [-0.2, -0.15) is 13.2 Å². The van der Waals surface area contributed by atoms with Gasteiger partial charge in [-0.05, 0) is 37.5 Å². The van der Waals surface area contributed by atoms with Gasteiger partial charge in [0.25, 0.3) is 5.91 Å². The summed E-state index contributed by atoms with van der Waals surface area (Å²) in [5.41, 5.74) is 4.91. The van der Waals surface area contributed by atoms with Gasteiger partial charge in [-0.3, -0.25) is 14.7 Å². The fourth-order valence-corrected chi connectivity index (χ4v) is 3.46. The van der Waals surface area contributed by atoms with Crippen molar-refractivity contribution in [2.24, 2.45) is 5.73 Å². The van der Waals surface area contributed by atoms with Crippen molar-refractivity contribution >= 4 is 17.9 Å². The lowest BCUT2D eigenvalue weighted by atomic mass is 9.94. The van der Waals surface area contributed by atoms with Gasteiger partial charge in [0.1, 0.15) is 5.69 Å². The van der Waals surface area contributed by atoms with E-state index in [-0.39, 0.29) is 35.5 Å². The van der Waals surface area contributed by atoms with Gasteiger partial charge in [-0.1, -0.05) is 12.1 Å². The van der Waals surface area contributed by atoms with E-state index in [0.717, 1.165) is 18.1 Å². The normalized spacial score (nSPS) is 19.5. The number of alkyl halides is 3. The molecule has 3 rings (SSSR count). The number of esters is 1. The number of ether oxygens (including phenoxy) is 1. The summed E-state index contributed by atoms with van der Waals surface area (Å²) < 4.78 is 44.3. The number of hydrogen-bond donors (Lipinski definition) is 2. The molecule has 0 spiro atoms. The minimum Gasteiger partial charge on any atom is -0.466 e. The predicted molar refractivity (Wildman–Crippen MR) is 102 cm³/mol. The number of rotatable bonds is 4. The summed E-state index contributed by atoms with van der Waals surface area (Å²) in [5.74, 6) is -1.52. The van der Waals surface area contributed by atoms with Crippen LogP contribution < -0.4 is 11.1 Å². The first-order valence-electron chi connectivity index (χ1n) is 9.18. The van der Waals surface area contributed by atoms with Crippen LogP contribution in [0.3, 0.4) is 0 Å². The second-order valence-corrected chi connectivity index (χ2v) is 6.88. The summed E-state index contributed by atoms with van der Waals surface area (Å²) >= 11 is 0. The van der Waals surface area contributed by atoms with E-state index in [9.17, 15) is 27.6 Å². The number of nitrogens with one attached hydrogen (secondary N) is 1. The number of methoxy groups -OCH3 is 1. The Kier molecular flexibility index (Phi) is 5.87. The average molecular weight is 436 g/mol. The molecular weight excluding hydrogens is 417 g/mol. The highest BCUT2D eigenvalue weighted by Gasteiger charge is 2.40. The largest absolute Gasteiger partial charge is 0.466 e. The van der Waals surface area contributed by atoms with E-state index < -0.39 is 35.7 Å². The molecule has 0 unspecified atom stereocenters. The highest BCUT2D eigenvalue weighted by Crippen LogP contribution is 2.37. The topological polar surface area (TPSA) is 115 Å². The number of nitrogens with two attached hydrogens (primary N) is 1. The molecule has 31 heavy (non-hydrogen) atoms. The number of halogens is 3. The second kappa shape index (κ2) is 8.25. The molecule has 3 amide bonds. The maximum atomic E-state index is 13.2. The Hall–Kier alpha value is -3.63. The van der Waals surface area contributed by atoms with Crippen molar-refractivity contribution in [1.82, 2.24) is 15.2 Å². The SMILES string of the molecule is COC(=O)C1=C(C)N(C2=CCCC(C(F)(F)F)=C2)C(=O)N[C@@H]1c1ccc(C(N)=O)nc1. The molecular formula is C20H19F3N4O4. The number of carbonyl (C=O) groups excluding carboxylic acids is 3. The van der Waals surface area contributed by atoms with Crippen LogP contribution in [-0.2, 0) is 9.53 Å². The Bertz CT molecular complexity index is 1030. The lowest BCUT2D eigenvalue weighted by molar-refractivity contribution is -0.136. The molecule has 0 radical (unpaired) electrons. The zero-order valence-corrected chi connectivity index (χ0v) is 16.6. The molecule has 1 atom stereocenters. The first-order chi connectivity index (χ1) is 14.5. The van der Waals surface area contributed by atoms with Crippen molar-refractivity contribution in [3.63, 3.8) is 0 Å². The summed E-state index contributed by atoms with van der Waals surface area (Å²) in [4.78, 5) is 41.5. The quantitative estimate of drug-likeness (QED) is 0.705. The zero-order valence-electron chi connectivity index (χ0n) is 16.6. The van der Waals surface area contributed by atoms with Crippen LogP contribution >= 0.6 is 0 Å². The summed E-state index contributed by atoms with van der Waals surface area (Å²) in [6.07, 6.45) is -0.964. The molecule has 3 N–H and O–H groups in total. The van der Waals surface area contributed by atoms with Crippen LogP contribution in [0.25, 0.3) is 0 Å². The summed E-state index contributed by atoms with van der Waals surface area (Å²) in [6, 6.07) is 1.09. The molecule has 164 valence electrons. The van der Waals surface area contributed by atoms with Crippen LogP contribution in [0.1, 0.15) is 41.9 Å². The Morgan fingerprint density at radius 1 is 1.32 bits per heavy atom. The predicted octanol–water partition coefficient (Wildman–Crippen LogP) is 2.86. The number of pyridine rings is 1. The van der Waals surface area contributed by atoms with E-state index in [0.29, 0.717) is 5.56 Å². The third kappa shape index (κ3) is 4.30. The number of amides is 3. The standard InChI is InChI=1S/C20H19F3N4O4/c1-10-15(18(29)31-2)16(11-6-7-14(17(24)28)25-9-11)26-19(30)27(10)13-5-3-4-12(8-13)20(21,22)23/h5-9,16H,3-4H2,1-2H3,(H2,24,28)(H,26,30)/t16-/m1/s1. The van der Waals surface area contributed by atoms with Crippen molar-refractivity contribution in [2.45, 2.75) is 32.0 Å². The van der Waals surface area contributed by atoms with Crippen LogP contribution in [0, 0.1) is 0 Å². The van der Waals surface area contributed by atoms with Crippen molar-refractivity contribution in [3.05, 3.63) is 64.3 Å². The molecule has 1 aromatic rings. The van der Waals surface area contributed by atoms with E-state index >= 15 is 0 Å². The Morgan fingerprint density at radius 2 is 2.03 bits per heavy atom.